The van der Waals surface area contributed by atoms with Crippen LogP contribution in [0.2, 0.25) is 0 Å². The van der Waals surface area contributed by atoms with Gasteiger partial charge in [0.2, 0.25) is 23.5 Å². The SMILES string of the molecule is CC(C)(C)OC=O.CC=O.CCC.CCC(NC(=O)CNC(=O)C(NC(=O)CNC)C(C)C)C(=O)C(=O)NCC(C)(C)C. The number of likely N-dealkylation sites (N-methyl/N-ethyl adjacent to an activating group) is 1. The Bertz CT molecular complexity index is 833. The summed E-state index contributed by atoms with van der Waals surface area (Å²) in [7, 11) is 1.61. The van der Waals surface area contributed by atoms with Crippen LogP contribution in [0.15, 0.2) is 0 Å². The lowest BCUT2D eigenvalue weighted by molar-refractivity contribution is -0.140. The van der Waals surface area contributed by atoms with Crippen molar-refractivity contribution >= 4 is 42.2 Å². The number of ether oxygens (including phenoxy) is 1. The maximum Gasteiger partial charge on any atom is 0.293 e. The molecular formula is C30H59N5O8. The van der Waals surface area contributed by atoms with Gasteiger partial charge in [0.1, 0.15) is 17.9 Å². The number of hydrogen-bond acceptors (Lipinski definition) is 9. The maximum atomic E-state index is 12.3. The Hall–Kier alpha value is -3.35. The zero-order valence-corrected chi connectivity index (χ0v) is 28.7. The molecule has 0 saturated heterocycles. The minimum Gasteiger partial charge on any atom is -0.462 e. The van der Waals surface area contributed by atoms with Crippen LogP contribution in [0, 0.1) is 11.3 Å². The molecule has 5 N–H and O–H groups in total. The lowest BCUT2D eigenvalue weighted by Crippen LogP contribution is -2.54. The second-order valence-corrected chi connectivity index (χ2v) is 11.9. The lowest BCUT2D eigenvalue weighted by Gasteiger charge is -2.22. The minimum absolute atomic E-state index is 0.0640. The van der Waals surface area contributed by atoms with Crippen molar-refractivity contribution in [2.24, 2.45) is 11.3 Å². The van der Waals surface area contributed by atoms with E-state index in [1.807, 2.05) is 41.5 Å². The molecule has 0 aromatic rings. The molecule has 13 heteroatoms. The Morgan fingerprint density at radius 2 is 1.28 bits per heavy atom. The van der Waals surface area contributed by atoms with Crippen molar-refractivity contribution in [3.8, 4) is 0 Å². The van der Waals surface area contributed by atoms with Gasteiger partial charge < -0.3 is 36.1 Å². The molecule has 0 heterocycles. The van der Waals surface area contributed by atoms with E-state index in [4.69, 9.17) is 4.79 Å². The van der Waals surface area contributed by atoms with Crippen LogP contribution in [0.3, 0.4) is 0 Å². The highest BCUT2D eigenvalue weighted by Gasteiger charge is 2.28. The summed E-state index contributed by atoms with van der Waals surface area (Å²) in [5.41, 5.74) is -0.498. The number of aldehydes is 1. The normalized spacial score (nSPS) is 11.7. The van der Waals surface area contributed by atoms with E-state index in [0.29, 0.717) is 13.0 Å². The summed E-state index contributed by atoms with van der Waals surface area (Å²) in [5.74, 6) is -3.13. The monoisotopic (exact) mass is 617 g/mol. The van der Waals surface area contributed by atoms with Crippen LogP contribution in [0.25, 0.3) is 0 Å². The molecule has 0 rings (SSSR count). The predicted octanol–water partition coefficient (Wildman–Crippen LogP) is 1.67. The zero-order chi connectivity index (χ0) is 34.8. The standard InChI is InChI=1S/C20H37N5O5.C5H10O2.C3H8.C2H4O/c1-8-13(17(28)19(30)23-11-20(4,5)6)24-15(27)10-22-18(29)16(12(2)3)25-14(26)9-21-7;1-5(2,3)7-4-6;1-3-2;1-2-3/h12-13,16,21H,8-11H2,1-7H3,(H,22,29)(H,23,30)(H,24,27)(H,25,26);4H,1-3H3;3H2,1-2H3;2H,1H3. The average Bonchev–Trinajstić information content (AvgIpc) is 2.87. The Balaban J connectivity index is -0.000000487. The third-order valence-electron chi connectivity index (χ3n) is 4.49. The molecule has 0 spiro atoms. The van der Waals surface area contributed by atoms with Crippen molar-refractivity contribution in [3.05, 3.63) is 0 Å². The largest absolute Gasteiger partial charge is 0.462 e. The summed E-state index contributed by atoms with van der Waals surface area (Å²) in [6.45, 7) is 22.6. The van der Waals surface area contributed by atoms with Gasteiger partial charge in [0.05, 0.1) is 19.1 Å². The third-order valence-corrected chi connectivity index (χ3v) is 4.49. The van der Waals surface area contributed by atoms with Gasteiger partial charge in [-0.2, -0.15) is 0 Å². The van der Waals surface area contributed by atoms with Gasteiger partial charge in [-0.15, -0.1) is 0 Å². The molecule has 0 aromatic carbocycles. The average molecular weight is 618 g/mol. The number of ketones is 1. The predicted molar refractivity (Wildman–Crippen MR) is 168 cm³/mol. The van der Waals surface area contributed by atoms with E-state index in [0.717, 1.165) is 6.29 Å². The van der Waals surface area contributed by atoms with E-state index in [1.54, 1.807) is 27.8 Å². The van der Waals surface area contributed by atoms with Crippen LogP contribution in [0.4, 0.5) is 0 Å². The van der Waals surface area contributed by atoms with Crippen molar-refractivity contribution < 1.29 is 38.3 Å². The second kappa shape index (κ2) is 26.3. The van der Waals surface area contributed by atoms with Crippen molar-refractivity contribution in [1.82, 2.24) is 26.6 Å². The summed E-state index contributed by atoms with van der Waals surface area (Å²) >= 11 is 0. The van der Waals surface area contributed by atoms with Gasteiger partial charge in [-0.1, -0.05) is 61.8 Å². The molecule has 0 aliphatic rings. The molecule has 2 atom stereocenters. The first-order chi connectivity index (χ1) is 19.7. The van der Waals surface area contributed by atoms with Crippen molar-refractivity contribution in [2.45, 2.75) is 114 Å². The molecular weight excluding hydrogens is 558 g/mol. The van der Waals surface area contributed by atoms with Gasteiger partial charge in [0, 0.05) is 6.54 Å². The molecule has 0 aromatic heterocycles. The highest BCUT2D eigenvalue weighted by atomic mass is 16.5. The Morgan fingerprint density at radius 1 is 0.814 bits per heavy atom. The molecule has 0 fully saturated rings. The third kappa shape index (κ3) is 31.4. The van der Waals surface area contributed by atoms with Gasteiger partial charge in [-0.25, -0.2) is 0 Å². The summed E-state index contributed by atoms with van der Waals surface area (Å²) in [4.78, 5) is 79.0. The van der Waals surface area contributed by atoms with Crippen molar-refractivity contribution in [2.75, 3.05) is 26.7 Å². The van der Waals surface area contributed by atoms with Crippen LogP contribution < -0.4 is 26.6 Å². The van der Waals surface area contributed by atoms with Gasteiger partial charge in [0.15, 0.2) is 0 Å². The van der Waals surface area contributed by atoms with E-state index >= 15 is 0 Å². The first-order valence-electron chi connectivity index (χ1n) is 14.6. The van der Waals surface area contributed by atoms with Crippen LogP contribution in [0.5, 0.6) is 0 Å². The summed E-state index contributed by atoms with van der Waals surface area (Å²) < 4.78 is 4.55. The fourth-order valence-electron chi connectivity index (χ4n) is 2.53. The van der Waals surface area contributed by atoms with E-state index in [2.05, 4.69) is 45.2 Å². The highest BCUT2D eigenvalue weighted by Crippen LogP contribution is 2.10. The fourth-order valence-corrected chi connectivity index (χ4v) is 2.53. The molecule has 0 saturated carbocycles. The number of amides is 4. The number of carbonyl (C=O) groups excluding carboxylic acids is 7. The van der Waals surface area contributed by atoms with Gasteiger partial charge in [0.25, 0.3) is 12.4 Å². The van der Waals surface area contributed by atoms with E-state index < -0.39 is 35.6 Å². The lowest BCUT2D eigenvalue weighted by atomic mass is 9.97. The molecule has 252 valence electrons. The number of nitrogens with one attached hydrogen (secondary N) is 5. The first-order valence-corrected chi connectivity index (χ1v) is 14.6. The second-order valence-electron chi connectivity index (χ2n) is 11.9. The van der Waals surface area contributed by atoms with Crippen LogP contribution in [-0.2, 0) is 38.3 Å². The minimum atomic E-state index is -0.981. The topological polar surface area (TPSA) is 189 Å². The molecule has 4 amide bonds. The Kier molecular flexibility index (Phi) is 28.5. The van der Waals surface area contributed by atoms with Gasteiger partial charge in [-0.05, 0) is 52.5 Å². The van der Waals surface area contributed by atoms with Crippen LogP contribution >= 0.6 is 0 Å². The number of rotatable bonds is 13. The van der Waals surface area contributed by atoms with Gasteiger partial charge >= 0.3 is 0 Å². The van der Waals surface area contributed by atoms with E-state index in [9.17, 15) is 28.8 Å². The van der Waals surface area contributed by atoms with Crippen LogP contribution in [0.1, 0.15) is 95.9 Å². The molecule has 0 bridgehead atoms. The molecule has 0 aliphatic heterocycles. The van der Waals surface area contributed by atoms with Crippen molar-refractivity contribution in [1.29, 1.82) is 0 Å². The molecule has 43 heavy (non-hydrogen) atoms. The molecule has 0 aliphatic carbocycles. The van der Waals surface area contributed by atoms with Gasteiger partial charge in [-0.3, -0.25) is 28.8 Å². The maximum absolute atomic E-state index is 12.3. The summed E-state index contributed by atoms with van der Waals surface area (Å²) in [5, 5.41) is 12.8. The van der Waals surface area contributed by atoms with Crippen molar-refractivity contribution in [3.63, 3.8) is 0 Å². The molecule has 13 nitrogen and oxygen atoms in total. The zero-order valence-electron chi connectivity index (χ0n) is 28.7. The summed E-state index contributed by atoms with van der Waals surface area (Å²) in [6.07, 6.45) is 2.23. The fraction of sp³-hybridized carbons (Fsp3) is 0.767. The Labute approximate surface area is 258 Å². The number of Topliss-reactive ketones (excluding diaryl/α,β-unsaturated/α-hetero) is 1. The highest BCUT2D eigenvalue weighted by molar-refractivity contribution is 6.38. The quantitative estimate of drug-likeness (QED) is 0.151. The molecule has 0 radical (unpaired) electrons. The Morgan fingerprint density at radius 3 is 1.60 bits per heavy atom. The molecule has 2 unspecified atom stereocenters. The van der Waals surface area contributed by atoms with Crippen LogP contribution in [-0.4, -0.2) is 86.5 Å². The number of carbonyl (C=O) groups is 7. The first kappa shape index (κ1) is 46.6. The van der Waals surface area contributed by atoms with E-state index in [1.165, 1.54) is 13.3 Å². The number of hydrogen-bond donors (Lipinski definition) is 5. The van der Waals surface area contributed by atoms with E-state index in [-0.39, 0.29) is 42.4 Å². The smallest absolute Gasteiger partial charge is 0.293 e. The summed E-state index contributed by atoms with van der Waals surface area (Å²) in [6, 6.07) is -1.78.